The number of aromatic amines is 1. The van der Waals surface area contributed by atoms with Crippen LogP contribution in [-0.2, 0) is 16.1 Å². The standard InChI is InChI=1S/C44H54FN11O4/c1-44(10-11-44)60-30-2-4-34-32(24-30)41(50-49-34)35-25-38(47-28-46-35)55-22-20-52(21-23-55)15-14-51-16-18-53(19-17-51)26-29-8-12-54(13-9-29)36-5-3-31-33(40(36)45)27-56(43(31)59)37-6-7-39(57)48-42(37)58/h2-5,24-25,28-29,37H,6-23,26-27H2,1H3,(H,49,50)(H,48,57,58). The number of ether oxygens (including phenoxy) is 1. The normalized spacial score (nSPS) is 23.1. The molecule has 3 amide bonds. The van der Waals surface area contributed by atoms with E-state index in [1.807, 2.05) is 12.1 Å². The topological polar surface area (TPSA) is 146 Å². The summed E-state index contributed by atoms with van der Waals surface area (Å²) < 4.78 is 22.2. The molecule has 7 heterocycles. The van der Waals surface area contributed by atoms with Crippen LogP contribution in [0, 0.1) is 11.7 Å². The van der Waals surface area contributed by atoms with Gasteiger partial charge in [-0.3, -0.25) is 34.6 Å². The van der Waals surface area contributed by atoms with Crippen LogP contribution in [0.15, 0.2) is 42.7 Å². The van der Waals surface area contributed by atoms with E-state index in [0.717, 1.165) is 145 Å². The first-order valence-electron chi connectivity index (χ1n) is 21.8. The lowest BCUT2D eigenvalue weighted by molar-refractivity contribution is -0.136. The summed E-state index contributed by atoms with van der Waals surface area (Å²) in [5, 5.41) is 11.1. The van der Waals surface area contributed by atoms with Crippen molar-refractivity contribution in [2.24, 2.45) is 5.92 Å². The fourth-order valence-corrected chi connectivity index (χ4v) is 9.70. The third-order valence-electron chi connectivity index (χ3n) is 13.7. The minimum Gasteiger partial charge on any atom is -0.488 e. The molecular weight excluding hydrogens is 766 g/mol. The average molecular weight is 820 g/mol. The number of hydrogen-bond donors (Lipinski definition) is 2. The Morgan fingerprint density at radius 1 is 0.833 bits per heavy atom. The Kier molecular flexibility index (Phi) is 10.4. The average Bonchev–Trinajstić information content (AvgIpc) is 3.68. The van der Waals surface area contributed by atoms with Gasteiger partial charge in [-0.1, -0.05) is 0 Å². The molecule has 0 radical (unpaired) electrons. The molecule has 5 aliphatic heterocycles. The first-order chi connectivity index (χ1) is 29.2. The van der Waals surface area contributed by atoms with Crippen LogP contribution in [0.5, 0.6) is 5.75 Å². The molecule has 4 aromatic rings. The van der Waals surface area contributed by atoms with Crippen molar-refractivity contribution >= 4 is 40.1 Å². The summed E-state index contributed by atoms with van der Waals surface area (Å²) in [5.41, 5.74) is 3.74. The third kappa shape index (κ3) is 7.92. The summed E-state index contributed by atoms with van der Waals surface area (Å²) >= 11 is 0. The van der Waals surface area contributed by atoms with Crippen LogP contribution in [0.1, 0.15) is 61.4 Å². The number of piperazine rings is 2. The number of aromatic nitrogens is 4. The van der Waals surface area contributed by atoms with Gasteiger partial charge in [-0.2, -0.15) is 5.10 Å². The molecule has 1 atom stereocenters. The maximum atomic E-state index is 15.9. The van der Waals surface area contributed by atoms with E-state index in [-0.39, 0.29) is 42.6 Å². The lowest BCUT2D eigenvalue weighted by Crippen LogP contribution is -2.52. The highest BCUT2D eigenvalue weighted by Gasteiger charge is 2.42. The third-order valence-corrected chi connectivity index (χ3v) is 13.7. The Morgan fingerprint density at radius 2 is 1.57 bits per heavy atom. The zero-order chi connectivity index (χ0) is 41.0. The van der Waals surface area contributed by atoms with Crippen molar-refractivity contribution in [2.75, 3.05) is 94.9 Å². The van der Waals surface area contributed by atoms with Gasteiger partial charge in [0.05, 0.1) is 23.4 Å². The fourth-order valence-electron chi connectivity index (χ4n) is 9.70. The number of nitrogens with one attached hydrogen (secondary N) is 2. The van der Waals surface area contributed by atoms with Crippen LogP contribution in [0.2, 0.25) is 0 Å². The quantitative estimate of drug-likeness (QED) is 0.214. The molecule has 16 heteroatoms. The smallest absolute Gasteiger partial charge is 0.255 e. The van der Waals surface area contributed by atoms with E-state index in [1.165, 1.54) is 4.90 Å². The summed E-state index contributed by atoms with van der Waals surface area (Å²) in [6, 6.07) is 10.8. The second kappa shape index (κ2) is 16.0. The first kappa shape index (κ1) is 39.0. The molecule has 316 valence electrons. The lowest BCUT2D eigenvalue weighted by Gasteiger charge is -2.40. The second-order valence-electron chi connectivity index (χ2n) is 17.8. The number of benzene rings is 2. The summed E-state index contributed by atoms with van der Waals surface area (Å²) in [6.45, 7) is 15.1. The number of hydrogen-bond acceptors (Lipinski definition) is 12. The van der Waals surface area contributed by atoms with Gasteiger partial charge in [0.25, 0.3) is 5.91 Å². The Morgan fingerprint density at radius 3 is 2.30 bits per heavy atom. The lowest BCUT2D eigenvalue weighted by atomic mass is 9.95. The van der Waals surface area contributed by atoms with Crippen molar-refractivity contribution < 1.29 is 23.5 Å². The molecule has 60 heavy (non-hydrogen) atoms. The highest BCUT2D eigenvalue weighted by atomic mass is 19.1. The van der Waals surface area contributed by atoms with Gasteiger partial charge >= 0.3 is 0 Å². The molecule has 1 saturated carbocycles. The van der Waals surface area contributed by atoms with E-state index in [9.17, 15) is 14.4 Å². The molecule has 0 bridgehead atoms. The number of fused-ring (bicyclic) bond motifs is 2. The number of imide groups is 1. The van der Waals surface area contributed by atoms with Crippen molar-refractivity contribution in [3.05, 3.63) is 59.7 Å². The van der Waals surface area contributed by atoms with Crippen LogP contribution in [0.3, 0.4) is 0 Å². The molecule has 6 aliphatic rings. The van der Waals surface area contributed by atoms with Gasteiger partial charge in [-0.25, -0.2) is 14.4 Å². The maximum Gasteiger partial charge on any atom is 0.255 e. The Bertz CT molecular complexity index is 2270. The number of carbonyl (C=O) groups excluding carboxylic acids is 3. The minimum atomic E-state index is -0.752. The first-order valence-corrected chi connectivity index (χ1v) is 21.8. The molecule has 4 saturated heterocycles. The Labute approximate surface area is 349 Å². The number of halogens is 1. The van der Waals surface area contributed by atoms with E-state index < -0.39 is 11.9 Å². The van der Waals surface area contributed by atoms with Gasteiger partial charge in [0.2, 0.25) is 11.8 Å². The number of amides is 3. The van der Waals surface area contributed by atoms with Crippen LogP contribution in [0.25, 0.3) is 22.3 Å². The zero-order valence-electron chi connectivity index (χ0n) is 34.4. The Balaban J connectivity index is 0.650. The van der Waals surface area contributed by atoms with Gasteiger partial charge in [-0.05, 0) is 75.3 Å². The number of H-pyrrole nitrogens is 1. The highest BCUT2D eigenvalue weighted by molar-refractivity contribution is 6.05. The molecule has 1 unspecified atom stereocenters. The predicted octanol–water partition coefficient (Wildman–Crippen LogP) is 3.51. The van der Waals surface area contributed by atoms with E-state index in [1.54, 1.807) is 18.5 Å². The number of anilines is 2. The number of rotatable bonds is 11. The van der Waals surface area contributed by atoms with Gasteiger partial charge < -0.3 is 24.3 Å². The largest absolute Gasteiger partial charge is 0.488 e. The number of carbonyl (C=O) groups is 3. The second-order valence-corrected chi connectivity index (χ2v) is 17.8. The summed E-state index contributed by atoms with van der Waals surface area (Å²) in [7, 11) is 0. The number of nitrogens with zero attached hydrogens (tertiary/aromatic N) is 9. The molecule has 2 aromatic heterocycles. The van der Waals surface area contributed by atoms with Crippen LogP contribution in [-0.4, -0.2) is 154 Å². The van der Waals surface area contributed by atoms with Gasteiger partial charge in [-0.15, -0.1) is 0 Å². The molecule has 5 fully saturated rings. The van der Waals surface area contributed by atoms with Gasteiger partial charge in [0, 0.05) is 114 Å². The number of piperidine rings is 2. The van der Waals surface area contributed by atoms with Crippen molar-refractivity contribution in [1.29, 1.82) is 0 Å². The van der Waals surface area contributed by atoms with Crippen LogP contribution in [0.4, 0.5) is 15.9 Å². The summed E-state index contributed by atoms with van der Waals surface area (Å²) in [4.78, 5) is 60.1. The fraction of sp³-hybridized carbons (Fsp3) is 0.545. The zero-order valence-corrected chi connectivity index (χ0v) is 34.4. The van der Waals surface area contributed by atoms with Crippen molar-refractivity contribution in [1.82, 2.24) is 45.1 Å². The van der Waals surface area contributed by atoms with Gasteiger partial charge in [0.1, 0.15) is 35.2 Å². The Hall–Kier alpha value is -5.19. The molecule has 2 N–H and O–H groups in total. The van der Waals surface area contributed by atoms with Crippen LogP contribution < -0.4 is 19.9 Å². The molecular formula is C44H54FN11O4. The van der Waals surface area contributed by atoms with Crippen molar-refractivity contribution in [2.45, 2.75) is 63.6 Å². The molecule has 1 aliphatic carbocycles. The van der Waals surface area contributed by atoms with E-state index in [2.05, 4.69) is 69.0 Å². The summed E-state index contributed by atoms with van der Waals surface area (Å²) in [6.07, 6.45) is 6.25. The monoisotopic (exact) mass is 819 g/mol. The van der Waals surface area contributed by atoms with Crippen molar-refractivity contribution in [3.63, 3.8) is 0 Å². The highest BCUT2D eigenvalue weighted by Crippen LogP contribution is 2.41. The van der Waals surface area contributed by atoms with Crippen molar-refractivity contribution in [3.8, 4) is 17.1 Å². The predicted molar refractivity (Wildman–Crippen MR) is 224 cm³/mol. The maximum absolute atomic E-state index is 15.9. The molecule has 2 aromatic carbocycles. The minimum absolute atomic E-state index is 0.0450. The molecule has 15 nitrogen and oxygen atoms in total. The summed E-state index contributed by atoms with van der Waals surface area (Å²) in [5.74, 6) is 0.832. The van der Waals surface area contributed by atoms with E-state index in [4.69, 9.17) is 4.74 Å². The molecule has 10 rings (SSSR count). The van der Waals surface area contributed by atoms with Gasteiger partial charge in [0.15, 0.2) is 5.82 Å². The molecule has 0 spiro atoms. The SMILES string of the molecule is CC1(Oc2ccc3[nH]nc(-c4cc(N5CCN(CCN6CCN(CC7CCN(c8ccc9c(c8F)CN(C8CCC(=O)NC8=O)C9=O)CC7)CC6)CC5)ncn4)c3c2)CC1. The van der Waals surface area contributed by atoms with Crippen LogP contribution >= 0.6 is 0 Å². The van der Waals surface area contributed by atoms with E-state index >= 15 is 4.39 Å². The van der Waals surface area contributed by atoms with E-state index in [0.29, 0.717) is 22.7 Å².